The molecule has 21 heteroatoms. The molecule has 18 nitrogen and oxygen atoms in total. The van der Waals surface area contributed by atoms with Gasteiger partial charge in [-0.05, 0) is 79.9 Å². The van der Waals surface area contributed by atoms with Crippen LogP contribution >= 0.6 is 0 Å². The lowest BCUT2D eigenvalue weighted by atomic mass is 10.0. The van der Waals surface area contributed by atoms with E-state index in [9.17, 15) is 41.9 Å². The Balaban J connectivity index is 0.753. The maximum atomic E-state index is 13.8. The van der Waals surface area contributed by atoms with Crippen molar-refractivity contribution in [1.29, 1.82) is 0 Å². The van der Waals surface area contributed by atoms with E-state index in [1.54, 1.807) is 56.7 Å². The number of aromatic nitrogens is 3. The molecule has 1 unspecified atom stereocenters. The van der Waals surface area contributed by atoms with Crippen LogP contribution in [-0.2, 0) is 22.3 Å². The number of benzene rings is 3. The number of fused-ring (bicyclic) bond motifs is 2. The van der Waals surface area contributed by atoms with Gasteiger partial charge < -0.3 is 20.3 Å². The maximum Gasteiger partial charge on any atom is 0.416 e. The molecule has 3 N–H and O–H groups in total. The van der Waals surface area contributed by atoms with Crippen LogP contribution in [0.3, 0.4) is 0 Å². The van der Waals surface area contributed by atoms with Crippen LogP contribution in [0, 0.1) is 6.92 Å². The number of rotatable bonds is 12. The number of piperazine rings is 1. The highest BCUT2D eigenvalue weighted by Crippen LogP contribution is 2.36. The third kappa shape index (κ3) is 9.11. The summed E-state index contributed by atoms with van der Waals surface area (Å²) in [6, 6.07) is 16.2. The zero-order valence-electron chi connectivity index (χ0n) is 36.8. The molecule has 1 atom stereocenters. The van der Waals surface area contributed by atoms with Crippen molar-refractivity contribution in [3.8, 4) is 5.75 Å². The van der Waals surface area contributed by atoms with Gasteiger partial charge in [-0.25, -0.2) is 14.8 Å². The van der Waals surface area contributed by atoms with Gasteiger partial charge in [-0.1, -0.05) is 18.2 Å². The number of hydrogen-bond acceptors (Lipinski definition) is 13. The summed E-state index contributed by atoms with van der Waals surface area (Å²) in [7, 11) is 1.59. The summed E-state index contributed by atoms with van der Waals surface area (Å²) < 4.78 is 45.8. The number of pyridine rings is 1. The van der Waals surface area contributed by atoms with E-state index < -0.39 is 47.3 Å². The zero-order chi connectivity index (χ0) is 47.9. The van der Waals surface area contributed by atoms with Crippen LogP contribution in [-0.4, -0.2) is 113 Å². The number of aryl methyl sites for hydroxylation is 1. The molecule has 0 radical (unpaired) electrons. The van der Waals surface area contributed by atoms with Crippen LogP contribution in [0.2, 0.25) is 0 Å². The maximum absolute atomic E-state index is 13.8. The number of piperidine rings is 1. The Morgan fingerprint density at radius 3 is 2.43 bits per heavy atom. The topological polar surface area (TPSA) is 203 Å². The highest BCUT2D eigenvalue weighted by Gasteiger charge is 2.46. The molecular formula is C47H44F3N11O7. The minimum absolute atomic E-state index is 0.0395. The zero-order valence-corrected chi connectivity index (χ0v) is 36.8. The van der Waals surface area contributed by atoms with E-state index in [1.807, 2.05) is 12.1 Å². The molecule has 7 amide bonds. The molecule has 350 valence electrons. The second kappa shape index (κ2) is 18.4. The van der Waals surface area contributed by atoms with Crippen molar-refractivity contribution in [3.63, 3.8) is 0 Å². The molecule has 3 aromatic carbocycles. The average Bonchev–Trinajstić information content (AvgIpc) is 3.58. The van der Waals surface area contributed by atoms with Gasteiger partial charge in [0.05, 0.1) is 47.4 Å². The van der Waals surface area contributed by atoms with Gasteiger partial charge in [-0.3, -0.25) is 48.9 Å². The highest BCUT2D eigenvalue weighted by atomic mass is 19.4. The first kappa shape index (κ1) is 45.2. The average molecular weight is 932 g/mol. The van der Waals surface area contributed by atoms with Gasteiger partial charge in [-0.15, -0.1) is 0 Å². The van der Waals surface area contributed by atoms with Crippen molar-refractivity contribution in [3.05, 3.63) is 119 Å². The number of ether oxygens (including phenoxy) is 1. The van der Waals surface area contributed by atoms with Gasteiger partial charge >= 0.3 is 12.2 Å². The molecule has 4 aliphatic heterocycles. The van der Waals surface area contributed by atoms with Crippen molar-refractivity contribution < 1.29 is 46.7 Å². The molecule has 2 fully saturated rings. The lowest BCUT2D eigenvalue weighted by Gasteiger charge is -2.35. The molecule has 0 spiro atoms. The number of alkyl halides is 3. The van der Waals surface area contributed by atoms with Crippen molar-refractivity contribution in [2.45, 2.75) is 44.9 Å². The number of nitrogens with zero attached hydrogens (tertiary/aromatic N) is 8. The van der Waals surface area contributed by atoms with Crippen molar-refractivity contribution >= 4 is 70.2 Å². The number of urea groups is 1. The van der Waals surface area contributed by atoms with Gasteiger partial charge in [0, 0.05) is 69.2 Å². The summed E-state index contributed by atoms with van der Waals surface area (Å²) in [6.45, 7) is 6.03. The van der Waals surface area contributed by atoms with Crippen LogP contribution in [0.1, 0.15) is 67.0 Å². The largest absolute Gasteiger partial charge is 0.493 e. The highest BCUT2D eigenvalue weighted by molar-refractivity contribution is 6.24. The minimum Gasteiger partial charge on any atom is -0.493 e. The molecule has 6 heterocycles. The van der Waals surface area contributed by atoms with E-state index in [-0.39, 0.29) is 53.8 Å². The predicted octanol–water partition coefficient (Wildman–Crippen LogP) is 5.76. The van der Waals surface area contributed by atoms with Gasteiger partial charge in [0.15, 0.2) is 0 Å². The first-order chi connectivity index (χ1) is 32.6. The van der Waals surface area contributed by atoms with Crippen LogP contribution in [0.5, 0.6) is 5.75 Å². The van der Waals surface area contributed by atoms with Crippen LogP contribution < -0.4 is 35.4 Å². The molecule has 2 saturated heterocycles. The second-order valence-corrected chi connectivity index (χ2v) is 16.7. The first-order valence-electron chi connectivity index (χ1n) is 21.8. The predicted molar refractivity (Wildman–Crippen MR) is 242 cm³/mol. The van der Waals surface area contributed by atoms with E-state index in [2.05, 4.69) is 40.7 Å². The smallest absolute Gasteiger partial charge is 0.416 e. The minimum atomic E-state index is -4.60. The molecular weight excluding hydrogens is 888 g/mol. The molecule has 0 bridgehead atoms. The fraction of sp³-hybridized carbons (Fsp3) is 0.298. The second-order valence-electron chi connectivity index (χ2n) is 16.7. The summed E-state index contributed by atoms with van der Waals surface area (Å²) in [5.74, 6) is -1.29. The number of carbonyl (C=O) groups excluding carboxylic acids is 6. The summed E-state index contributed by atoms with van der Waals surface area (Å²) in [4.78, 5) is 99.4. The standard InChI is InChI=1S/C47H44F3N11O7/c1-27-10-11-31(53-41(63)28-6-3-7-30(22-28)47(48,49)50)23-35(27)60-26-29-24-52-45(56-40(29)57(2)46(60)67)54-32-12-14-37(51-25-32)59-19-17-58(18-20-59)16-5-21-68-36-9-4-8-33-39(36)44(66)61(43(33)65)34-13-15-38(62)55-42(34)64/h3-4,6-12,14,22-25,34H,5,13,15-21,26H2,1-2H3,(H,53,63)(H,52,54,56)(H,55,62,64). The quantitative estimate of drug-likeness (QED) is 0.101. The molecule has 5 aromatic rings. The number of nitrogens with one attached hydrogen (secondary N) is 3. The number of anilines is 6. The normalized spacial score (nSPS) is 17.5. The number of amides is 7. The van der Waals surface area contributed by atoms with Gasteiger partial charge in [-0.2, -0.15) is 18.2 Å². The van der Waals surface area contributed by atoms with Crippen LogP contribution in [0.4, 0.5) is 52.6 Å². The molecule has 0 saturated carbocycles. The first-order valence-corrected chi connectivity index (χ1v) is 21.8. The number of carbonyl (C=O) groups is 6. The lowest BCUT2D eigenvalue weighted by molar-refractivity contribution is -0.138. The van der Waals surface area contributed by atoms with Crippen molar-refractivity contribution in [1.82, 2.24) is 30.1 Å². The third-order valence-electron chi connectivity index (χ3n) is 12.2. The summed E-state index contributed by atoms with van der Waals surface area (Å²) in [6.07, 6.45) is -0.514. The third-order valence-corrected chi connectivity index (χ3v) is 12.2. The Hall–Kier alpha value is -7.94. The van der Waals surface area contributed by atoms with Crippen molar-refractivity contribution in [2.24, 2.45) is 0 Å². The Bertz CT molecular complexity index is 2850. The molecule has 2 aromatic heterocycles. The molecule has 68 heavy (non-hydrogen) atoms. The number of hydrogen-bond donors (Lipinski definition) is 3. The van der Waals surface area contributed by atoms with E-state index in [0.29, 0.717) is 41.5 Å². The fourth-order valence-electron chi connectivity index (χ4n) is 8.63. The van der Waals surface area contributed by atoms with Gasteiger partial charge in [0.2, 0.25) is 17.8 Å². The van der Waals surface area contributed by atoms with Crippen molar-refractivity contribution in [2.75, 3.05) is 71.7 Å². The summed E-state index contributed by atoms with van der Waals surface area (Å²) >= 11 is 0. The van der Waals surface area contributed by atoms with Gasteiger partial charge in [0.25, 0.3) is 17.7 Å². The Morgan fingerprint density at radius 1 is 0.897 bits per heavy atom. The Labute approximate surface area is 387 Å². The van der Waals surface area contributed by atoms with E-state index in [4.69, 9.17) is 4.74 Å². The van der Waals surface area contributed by atoms with Crippen LogP contribution in [0.15, 0.2) is 85.2 Å². The monoisotopic (exact) mass is 931 g/mol. The van der Waals surface area contributed by atoms with E-state index in [1.165, 1.54) is 28.0 Å². The number of imide groups is 2. The Morgan fingerprint density at radius 2 is 1.68 bits per heavy atom. The lowest BCUT2D eigenvalue weighted by Crippen LogP contribution is -2.54. The van der Waals surface area contributed by atoms with E-state index in [0.717, 1.165) is 61.1 Å². The fourth-order valence-corrected chi connectivity index (χ4v) is 8.63. The summed E-state index contributed by atoms with van der Waals surface area (Å²) in [5.41, 5.74) is 2.00. The van der Waals surface area contributed by atoms with Crippen LogP contribution in [0.25, 0.3) is 0 Å². The molecule has 9 rings (SSSR count). The molecule has 4 aliphatic rings. The Kier molecular flexibility index (Phi) is 12.2. The van der Waals surface area contributed by atoms with E-state index >= 15 is 0 Å². The van der Waals surface area contributed by atoms with Gasteiger partial charge in [0.1, 0.15) is 23.4 Å². The SMILES string of the molecule is Cc1ccc(NC(=O)c2cccc(C(F)(F)F)c2)cc1N1Cc2cnc(Nc3ccc(N4CCN(CCCOc5cccc6c5C(=O)N(C5CCC(=O)NC5=O)C6=O)CC4)nc3)nc2N(C)C1=O. The molecule has 0 aliphatic carbocycles. The summed E-state index contributed by atoms with van der Waals surface area (Å²) in [5, 5.41) is 8.01. The number of halogens is 3.